The summed E-state index contributed by atoms with van der Waals surface area (Å²) in [5, 5.41) is 5.41. The molecule has 0 saturated carbocycles. The summed E-state index contributed by atoms with van der Waals surface area (Å²) in [6.07, 6.45) is 11.2. The van der Waals surface area contributed by atoms with Gasteiger partial charge in [0.25, 0.3) is 0 Å². The highest BCUT2D eigenvalue weighted by Crippen LogP contribution is 2.30. The Morgan fingerprint density at radius 2 is 1.76 bits per heavy atom. The number of anilines is 1. The van der Waals surface area contributed by atoms with Crippen molar-refractivity contribution in [3.8, 4) is 0 Å². The molecule has 0 saturated heterocycles. The number of carbonyl (C=O) groups excluding carboxylic acids is 2. The summed E-state index contributed by atoms with van der Waals surface area (Å²) in [6.45, 7) is 5.00. The summed E-state index contributed by atoms with van der Waals surface area (Å²) in [7, 11) is 5.77. The predicted octanol–water partition coefficient (Wildman–Crippen LogP) is 5.10. The van der Waals surface area contributed by atoms with Gasteiger partial charge in [-0.1, -0.05) is 60.3 Å². The van der Waals surface area contributed by atoms with Crippen molar-refractivity contribution in [2.24, 2.45) is 0 Å². The largest absolute Gasteiger partial charge is 0.394 e. The molecule has 2 rings (SSSR count). The molecule has 33 heavy (non-hydrogen) atoms. The molecule has 5 nitrogen and oxygen atoms in total. The number of hydrogen-bond acceptors (Lipinski definition) is 5. The molecule has 2 aromatic carbocycles. The Labute approximate surface area is 202 Å². The van der Waals surface area contributed by atoms with Gasteiger partial charge in [-0.05, 0) is 48.2 Å². The Hall–Kier alpha value is -2.99. The van der Waals surface area contributed by atoms with E-state index in [-0.39, 0.29) is 16.8 Å². The van der Waals surface area contributed by atoms with Crippen molar-refractivity contribution in [1.82, 2.24) is 10.2 Å². The fraction of sp³-hybridized carbons (Fsp3) is 0.333. The van der Waals surface area contributed by atoms with Crippen LogP contribution in [0.3, 0.4) is 0 Å². The maximum Gasteiger partial charge on any atom is 0.232 e. The maximum atomic E-state index is 12.1. The van der Waals surface area contributed by atoms with Crippen molar-refractivity contribution in [1.29, 1.82) is 0 Å². The third-order valence-electron chi connectivity index (χ3n) is 5.39. The average Bonchev–Trinajstić information content (AvgIpc) is 2.82. The first kappa shape index (κ1) is 26.3. The SMILES string of the molecule is C/C=C(\C=C/NC)/C=C/c1ccc(N(C)CCCN(C)C(=O)CSC(C)=O)c2ccccc12. The fourth-order valence-corrected chi connectivity index (χ4v) is 4.01. The number of hydrogen-bond donors (Lipinski definition) is 1. The lowest BCUT2D eigenvalue weighted by molar-refractivity contribution is -0.127. The Kier molecular flexibility index (Phi) is 10.8. The lowest BCUT2D eigenvalue weighted by Crippen LogP contribution is -2.31. The second kappa shape index (κ2) is 13.5. The molecule has 6 heteroatoms. The standard InChI is InChI=1S/C27H35N3O2S/c1-6-22(16-17-28-3)12-13-23-14-15-26(25-11-8-7-10-24(23)25)29(4)18-9-19-30(5)27(32)20-33-21(2)31/h6-8,10-17,28H,9,18-20H2,1-5H3/b13-12+,17-16-,22-6-. The Balaban J connectivity index is 2.10. The summed E-state index contributed by atoms with van der Waals surface area (Å²) in [5.74, 6) is 0.200. The van der Waals surface area contributed by atoms with Gasteiger partial charge in [-0.15, -0.1) is 0 Å². The first-order valence-corrected chi connectivity index (χ1v) is 12.1. The van der Waals surface area contributed by atoms with Crippen molar-refractivity contribution in [2.45, 2.75) is 20.3 Å². The van der Waals surface area contributed by atoms with Crippen LogP contribution in [-0.4, -0.2) is 55.9 Å². The topological polar surface area (TPSA) is 52.6 Å². The van der Waals surface area contributed by atoms with E-state index in [0.717, 1.165) is 30.3 Å². The molecule has 2 aromatic rings. The highest BCUT2D eigenvalue weighted by molar-refractivity contribution is 8.14. The van der Waals surface area contributed by atoms with E-state index in [9.17, 15) is 9.59 Å². The summed E-state index contributed by atoms with van der Waals surface area (Å²) in [4.78, 5) is 27.1. The minimum absolute atomic E-state index is 0.00972. The molecular formula is C27H35N3O2S. The number of benzene rings is 2. The zero-order chi connectivity index (χ0) is 24.2. The highest BCUT2D eigenvalue weighted by atomic mass is 32.2. The van der Waals surface area contributed by atoms with Crippen LogP contribution in [0, 0.1) is 0 Å². The summed E-state index contributed by atoms with van der Waals surface area (Å²) < 4.78 is 0. The molecular weight excluding hydrogens is 430 g/mol. The van der Waals surface area contributed by atoms with Gasteiger partial charge in [0.1, 0.15) is 0 Å². The number of thioether (sulfide) groups is 1. The Morgan fingerprint density at radius 1 is 1.03 bits per heavy atom. The lowest BCUT2D eigenvalue weighted by Gasteiger charge is -2.24. The van der Waals surface area contributed by atoms with Crippen molar-refractivity contribution < 1.29 is 9.59 Å². The van der Waals surface area contributed by atoms with Crippen LogP contribution in [0.1, 0.15) is 25.8 Å². The second-order valence-corrected chi connectivity index (χ2v) is 8.99. The quantitative estimate of drug-likeness (QED) is 0.468. The summed E-state index contributed by atoms with van der Waals surface area (Å²) in [5.41, 5.74) is 3.48. The van der Waals surface area contributed by atoms with Crippen LogP contribution in [0.15, 0.2) is 66.4 Å². The number of rotatable bonds is 11. The van der Waals surface area contributed by atoms with Gasteiger partial charge < -0.3 is 15.1 Å². The summed E-state index contributed by atoms with van der Waals surface area (Å²) in [6, 6.07) is 12.8. The molecule has 0 bridgehead atoms. The molecule has 1 N–H and O–H groups in total. The molecule has 176 valence electrons. The minimum atomic E-state index is -0.0296. The molecule has 0 aliphatic rings. The number of nitrogens with zero attached hydrogens (tertiary/aromatic N) is 2. The van der Waals surface area contributed by atoms with E-state index in [1.165, 1.54) is 28.9 Å². The molecule has 0 aromatic heterocycles. The third-order valence-corrected chi connectivity index (χ3v) is 6.19. The third kappa shape index (κ3) is 8.13. The molecule has 0 radical (unpaired) electrons. The van der Waals surface area contributed by atoms with Crippen LogP contribution in [0.4, 0.5) is 5.69 Å². The van der Waals surface area contributed by atoms with E-state index in [1.807, 2.05) is 26.2 Å². The van der Waals surface area contributed by atoms with Gasteiger partial charge in [0.15, 0.2) is 5.12 Å². The van der Waals surface area contributed by atoms with Crippen LogP contribution in [0.2, 0.25) is 0 Å². The van der Waals surface area contributed by atoms with E-state index >= 15 is 0 Å². The molecule has 0 heterocycles. The van der Waals surface area contributed by atoms with E-state index in [4.69, 9.17) is 0 Å². The van der Waals surface area contributed by atoms with Gasteiger partial charge in [-0.2, -0.15) is 0 Å². The number of fused-ring (bicyclic) bond motifs is 1. The van der Waals surface area contributed by atoms with E-state index in [2.05, 4.69) is 71.9 Å². The lowest BCUT2D eigenvalue weighted by atomic mass is 10.0. The number of carbonyl (C=O) groups is 2. The first-order chi connectivity index (χ1) is 15.9. The minimum Gasteiger partial charge on any atom is -0.394 e. The zero-order valence-corrected chi connectivity index (χ0v) is 21.1. The fourth-order valence-electron chi connectivity index (χ4n) is 3.46. The van der Waals surface area contributed by atoms with Gasteiger partial charge >= 0.3 is 0 Å². The van der Waals surface area contributed by atoms with Crippen LogP contribution in [0.25, 0.3) is 16.8 Å². The summed E-state index contributed by atoms with van der Waals surface area (Å²) >= 11 is 1.06. The molecule has 0 unspecified atom stereocenters. The van der Waals surface area contributed by atoms with Gasteiger partial charge in [-0.25, -0.2) is 0 Å². The average molecular weight is 466 g/mol. The highest BCUT2D eigenvalue weighted by Gasteiger charge is 2.12. The van der Waals surface area contributed by atoms with Gasteiger partial charge in [-0.3, -0.25) is 9.59 Å². The van der Waals surface area contributed by atoms with E-state index in [0.29, 0.717) is 6.54 Å². The van der Waals surface area contributed by atoms with Crippen LogP contribution < -0.4 is 10.2 Å². The number of nitrogens with one attached hydrogen (secondary N) is 1. The van der Waals surface area contributed by atoms with Crippen molar-refractivity contribution in [2.75, 3.05) is 44.9 Å². The van der Waals surface area contributed by atoms with Gasteiger partial charge in [0.2, 0.25) is 5.91 Å². The van der Waals surface area contributed by atoms with Crippen LogP contribution in [-0.2, 0) is 9.59 Å². The van der Waals surface area contributed by atoms with Crippen molar-refractivity contribution >= 4 is 45.3 Å². The van der Waals surface area contributed by atoms with Crippen molar-refractivity contribution in [3.05, 3.63) is 72.0 Å². The molecule has 0 spiro atoms. The second-order valence-electron chi connectivity index (χ2n) is 7.83. The maximum absolute atomic E-state index is 12.1. The Morgan fingerprint density at radius 3 is 2.42 bits per heavy atom. The van der Waals surface area contributed by atoms with Crippen LogP contribution >= 0.6 is 11.8 Å². The zero-order valence-electron chi connectivity index (χ0n) is 20.3. The normalized spacial score (nSPS) is 12.0. The predicted molar refractivity (Wildman–Crippen MR) is 144 cm³/mol. The molecule has 0 fully saturated rings. The molecule has 0 aliphatic carbocycles. The first-order valence-electron chi connectivity index (χ1n) is 11.2. The van der Waals surface area contributed by atoms with Gasteiger partial charge in [0.05, 0.1) is 5.75 Å². The monoisotopic (exact) mass is 465 g/mol. The number of allylic oxidation sites excluding steroid dienone is 4. The van der Waals surface area contributed by atoms with Crippen LogP contribution in [0.5, 0.6) is 0 Å². The Bertz CT molecular complexity index is 1040. The molecule has 0 aliphatic heterocycles. The molecule has 1 amide bonds. The van der Waals surface area contributed by atoms with Gasteiger partial charge in [0, 0.05) is 52.2 Å². The molecule has 0 atom stereocenters. The smallest absolute Gasteiger partial charge is 0.232 e. The van der Waals surface area contributed by atoms with E-state index in [1.54, 1.807) is 11.9 Å². The van der Waals surface area contributed by atoms with E-state index < -0.39 is 0 Å². The number of amides is 1. The van der Waals surface area contributed by atoms with Crippen molar-refractivity contribution in [3.63, 3.8) is 0 Å².